The lowest BCUT2D eigenvalue weighted by molar-refractivity contribution is -0.146. The smallest absolute Gasteiger partial charge is 0.333 e. The quantitative estimate of drug-likeness (QED) is 0.822. The zero-order chi connectivity index (χ0) is 15.0. The van der Waals surface area contributed by atoms with Gasteiger partial charge in [-0.15, -0.1) is 0 Å². The molecule has 8 heteroatoms. The molecule has 0 aromatic heterocycles. The van der Waals surface area contributed by atoms with Crippen molar-refractivity contribution in [3.05, 3.63) is 35.6 Å². The maximum atomic E-state index is 13.8. The van der Waals surface area contributed by atoms with Gasteiger partial charge in [0.05, 0.1) is 0 Å². The van der Waals surface area contributed by atoms with Crippen molar-refractivity contribution in [3.8, 4) is 0 Å². The highest BCUT2D eigenvalue weighted by Crippen LogP contribution is 2.38. The summed E-state index contributed by atoms with van der Waals surface area (Å²) >= 11 is 0. The molecule has 0 unspecified atom stereocenters. The molecule has 0 amide bonds. The van der Waals surface area contributed by atoms with Gasteiger partial charge in [-0.1, -0.05) is 18.2 Å². The van der Waals surface area contributed by atoms with Crippen molar-refractivity contribution < 1.29 is 26.8 Å². The fourth-order valence-electron chi connectivity index (χ4n) is 2.14. The van der Waals surface area contributed by atoms with Gasteiger partial charge >= 0.3 is 10.3 Å². The van der Waals surface area contributed by atoms with Crippen LogP contribution in [0.15, 0.2) is 24.3 Å². The van der Waals surface area contributed by atoms with Gasteiger partial charge in [-0.2, -0.15) is 13.1 Å². The van der Waals surface area contributed by atoms with Gasteiger partial charge in [0.25, 0.3) is 0 Å². The van der Waals surface area contributed by atoms with Crippen LogP contribution in [0.2, 0.25) is 0 Å². The fraction of sp³-hybridized carbons (Fsp3) is 0.500. The molecule has 6 nitrogen and oxygen atoms in total. The highest BCUT2D eigenvalue weighted by Gasteiger charge is 2.43. The molecule has 2 N–H and O–H groups in total. The van der Waals surface area contributed by atoms with Gasteiger partial charge in [0.1, 0.15) is 18.0 Å². The van der Waals surface area contributed by atoms with E-state index in [0.717, 1.165) is 0 Å². The molecule has 0 saturated carbocycles. The predicted molar refractivity (Wildman–Crippen MR) is 68.7 cm³/mol. The Morgan fingerprint density at radius 2 is 2.00 bits per heavy atom. The predicted octanol–water partition coefficient (Wildman–Crippen LogP) is 1.41. The van der Waals surface area contributed by atoms with E-state index in [1.165, 1.54) is 6.07 Å². The molecule has 20 heavy (non-hydrogen) atoms. The first-order valence-electron chi connectivity index (χ1n) is 6.00. The summed E-state index contributed by atoms with van der Waals surface area (Å²) in [6, 6.07) is 6.04. The van der Waals surface area contributed by atoms with E-state index in [1.807, 2.05) is 4.72 Å². The van der Waals surface area contributed by atoms with Crippen LogP contribution >= 0.6 is 0 Å². The van der Waals surface area contributed by atoms with E-state index in [9.17, 15) is 12.8 Å². The standard InChI is InChI=1S/C12H16FNO5S/c1-12(2)18-10(7-14-20(15,16)17)11(19-12)8-5-3-4-6-9(8)13/h3-6,10-11,14H,7H2,1-2H3,(H,15,16,17)/t10-,11-/m0/s1. The lowest BCUT2D eigenvalue weighted by Crippen LogP contribution is -2.35. The summed E-state index contributed by atoms with van der Waals surface area (Å²) in [6.07, 6.45) is -1.51. The molecule has 0 aliphatic carbocycles. The molecule has 1 aromatic carbocycles. The summed E-state index contributed by atoms with van der Waals surface area (Å²) in [4.78, 5) is 0. The molecule has 1 aromatic rings. The van der Waals surface area contributed by atoms with Crippen molar-refractivity contribution in [2.45, 2.75) is 31.8 Å². The van der Waals surface area contributed by atoms with Crippen molar-refractivity contribution in [1.29, 1.82) is 0 Å². The van der Waals surface area contributed by atoms with Crippen LogP contribution in [0.25, 0.3) is 0 Å². The largest absolute Gasteiger partial charge is 0.343 e. The molecule has 0 bridgehead atoms. The van der Waals surface area contributed by atoms with Crippen LogP contribution in [-0.4, -0.2) is 31.4 Å². The normalized spacial score (nSPS) is 25.8. The summed E-state index contributed by atoms with van der Waals surface area (Å²) in [5.41, 5.74) is 0.278. The van der Waals surface area contributed by atoms with Gasteiger partial charge in [-0.25, -0.2) is 4.39 Å². The van der Waals surface area contributed by atoms with Crippen molar-refractivity contribution in [3.63, 3.8) is 0 Å². The van der Waals surface area contributed by atoms with Crippen LogP contribution in [0.1, 0.15) is 25.5 Å². The Hall–Kier alpha value is -1.06. The molecular formula is C12H16FNO5S. The Bertz CT molecular complexity index is 589. The van der Waals surface area contributed by atoms with E-state index in [-0.39, 0.29) is 12.1 Å². The van der Waals surface area contributed by atoms with Gasteiger partial charge < -0.3 is 9.47 Å². The van der Waals surface area contributed by atoms with E-state index >= 15 is 0 Å². The number of ether oxygens (including phenoxy) is 2. The third-order valence-corrected chi connectivity index (χ3v) is 3.39. The maximum Gasteiger partial charge on any atom is 0.333 e. The Labute approximate surface area is 116 Å². The second-order valence-electron chi connectivity index (χ2n) is 4.94. The molecule has 1 heterocycles. The van der Waals surface area contributed by atoms with Crippen LogP contribution in [0, 0.1) is 5.82 Å². The SMILES string of the molecule is CC1(C)O[C@@H](CNS(=O)(=O)O)[C@H](c2ccccc2F)O1. The van der Waals surface area contributed by atoms with Gasteiger partial charge in [0, 0.05) is 12.1 Å². The lowest BCUT2D eigenvalue weighted by atomic mass is 10.0. The average Bonchev–Trinajstić information content (AvgIpc) is 2.62. The van der Waals surface area contributed by atoms with E-state index in [0.29, 0.717) is 0 Å². The second-order valence-corrected chi connectivity index (χ2v) is 6.18. The zero-order valence-corrected chi connectivity index (χ0v) is 11.9. The van der Waals surface area contributed by atoms with Gasteiger partial charge in [-0.3, -0.25) is 4.55 Å². The summed E-state index contributed by atoms with van der Waals surface area (Å²) < 4.78 is 57.1. The Balaban J connectivity index is 2.23. The lowest BCUT2D eigenvalue weighted by Gasteiger charge is -2.17. The van der Waals surface area contributed by atoms with E-state index in [1.54, 1.807) is 32.0 Å². The average molecular weight is 305 g/mol. The van der Waals surface area contributed by atoms with Crippen LogP contribution in [0.5, 0.6) is 0 Å². The zero-order valence-electron chi connectivity index (χ0n) is 11.0. The topological polar surface area (TPSA) is 84.9 Å². The van der Waals surface area contributed by atoms with E-state index in [4.69, 9.17) is 14.0 Å². The molecule has 1 fully saturated rings. The first kappa shape index (κ1) is 15.3. The number of hydrogen-bond acceptors (Lipinski definition) is 4. The minimum absolute atomic E-state index is 0.221. The van der Waals surface area contributed by atoms with Gasteiger partial charge in [0.2, 0.25) is 0 Å². The first-order valence-corrected chi connectivity index (χ1v) is 7.44. The minimum atomic E-state index is -4.34. The highest BCUT2D eigenvalue weighted by atomic mass is 32.2. The summed E-state index contributed by atoms with van der Waals surface area (Å²) in [5, 5.41) is 0. The number of benzene rings is 1. The van der Waals surface area contributed by atoms with Crippen molar-refractivity contribution >= 4 is 10.3 Å². The molecule has 0 spiro atoms. The number of hydrogen-bond donors (Lipinski definition) is 2. The van der Waals surface area contributed by atoms with Crippen LogP contribution < -0.4 is 4.72 Å². The monoisotopic (exact) mass is 305 g/mol. The van der Waals surface area contributed by atoms with Crippen molar-refractivity contribution in [1.82, 2.24) is 4.72 Å². The minimum Gasteiger partial charge on any atom is -0.343 e. The summed E-state index contributed by atoms with van der Waals surface area (Å²) in [7, 11) is -4.34. The second kappa shape index (κ2) is 5.38. The molecule has 1 aliphatic rings. The molecule has 2 rings (SSSR count). The molecule has 1 aliphatic heterocycles. The van der Waals surface area contributed by atoms with Crippen LogP contribution in [0.4, 0.5) is 4.39 Å². The maximum absolute atomic E-state index is 13.8. The summed E-state index contributed by atoms with van der Waals surface area (Å²) in [5.74, 6) is -1.44. The van der Waals surface area contributed by atoms with Crippen molar-refractivity contribution in [2.24, 2.45) is 0 Å². The fourth-order valence-corrected chi connectivity index (χ4v) is 2.52. The Morgan fingerprint density at radius 3 is 2.60 bits per heavy atom. The molecule has 1 saturated heterocycles. The van der Waals surface area contributed by atoms with Gasteiger partial charge in [0.15, 0.2) is 5.79 Å². The third-order valence-electron chi connectivity index (χ3n) is 2.86. The van der Waals surface area contributed by atoms with Crippen LogP contribution in [0.3, 0.4) is 0 Å². The number of rotatable bonds is 4. The third kappa shape index (κ3) is 3.74. The Kier molecular flexibility index (Phi) is 4.12. The highest BCUT2D eigenvalue weighted by molar-refractivity contribution is 7.83. The first-order chi connectivity index (χ1) is 9.18. The summed E-state index contributed by atoms with van der Waals surface area (Å²) in [6.45, 7) is 3.07. The molecule has 2 atom stereocenters. The molecule has 0 radical (unpaired) electrons. The van der Waals surface area contributed by atoms with E-state index < -0.39 is 34.1 Å². The number of nitrogens with one attached hydrogen (secondary N) is 1. The number of halogens is 1. The van der Waals surface area contributed by atoms with Gasteiger partial charge in [-0.05, 0) is 19.9 Å². The van der Waals surface area contributed by atoms with E-state index in [2.05, 4.69) is 0 Å². The Morgan fingerprint density at radius 1 is 1.35 bits per heavy atom. The van der Waals surface area contributed by atoms with Crippen LogP contribution in [-0.2, 0) is 19.8 Å². The molecular weight excluding hydrogens is 289 g/mol. The molecule has 112 valence electrons. The van der Waals surface area contributed by atoms with Crippen molar-refractivity contribution in [2.75, 3.05) is 6.54 Å².